The fraction of sp³-hybridized carbons (Fsp3) is 0.400. The molecule has 0 unspecified atom stereocenters. The molecule has 5 aromatic rings. The van der Waals surface area contributed by atoms with E-state index in [4.69, 9.17) is 23.4 Å². The van der Waals surface area contributed by atoms with Gasteiger partial charge in [0, 0.05) is 42.9 Å². The van der Waals surface area contributed by atoms with E-state index in [1.165, 1.54) is 22.3 Å². The predicted molar refractivity (Wildman–Crippen MR) is 244 cm³/mol. The Morgan fingerprint density at radius 3 is 2.52 bits per heavy atom. The highest BCUT2D eigenvalue weighted by Gasteiger charge is 2.53. The third kappa shape index (κ3) is 8.54. The van der Waals surface area contributed by atoms with Crippen molar-refractivity contribution in [3.05, 3.63) is 157 Å². The number of benzene rings is 4. The summed E-state index contributed by atoms with van der Waals surface area (Å²) >= 11 is 0. The van der Waals surface area contributed by atoms with Crippen molar-refractivity contribution in [1.82, 2.24) is 0 Å². The van der Waals surface area contributed by atoms with Crippen LogP contribution in [-0.4, -0.2) is 42.5 Å². The number of aliphatic hydroxyl groups excluding tert-OH is 1. The van der Waals surface area contributed by atoms with Gasteiger partial charge in [-0.1, -0.05) is 90.2 Å². The van der Waals surface area contributed by atoms with E-state index in [0.717, 1.165) is 42.4 Å². The highest BCUT2D eigenvalue weighted by atomic mass is 16.6. The molecule has 5 bridgehead atoms. The number of fused-ring (bicyclic) bond motifs is 9. The number of hydrogen-bond donors (Lipinski definition) is 1. The van der Waals surface area contributed by atoms with Gasteiger partial charge in [0.25, 0.3) is 0 Å². The monoisotopic (exact) mass is 860 g/mol. The van der Waals surface area contributed by atoms with Crippen LogP contribution in [0, 0.1) is 17.8 Å². The zero-order valence-corrected chi connectivity index (χ0v) is 37.2. The van der Waals surface area contributed by atoms with Gasteiger partial charge < -0.3 is 28.5 Å². The van der Waals surface area contributed by atoms with Gasteiger partial charge in [-0.2, -0.15) is 0 Å². The van der Waals surface area contributed by atoms with Crippen LogP contribution in [0.15, 0.2) is 105 Å². The summed E-state index contributed by atoms with van der Waals surface area (Å²) in [5.74, 6) is 6.39. The molecule has 1 aliphatic carbocycles. The van der Waals surface area contributed by atoms with E-state index in [1.807, 2.05) is 26.8 Å². The van der Waals surface area contributed by atoms with E-state index in [9.17, 15) is 19.5 Å². The van der Waals surface area contributed by atoms with E-state index in [0.29, 0.717) is 47.1 Å². The minimum Gasteiger partial charge on any atom is -0.482 e. The van der Waals surface area contributed by atoms with Crippen molar-refractivity contribution in [2.75, 3.05) is 13.7 Å². The summed E-state index contributed by atoms with van der Waals surface area (Å²) in [4.78, 5) is 43.3. The van der Waals surface area contributed by atoms with Crippen molar-refractivity contribution < 1.29 is 38.1 Å². The fourth-order valence-corrected chi connectivity index (χ4v) is 10.7. The van der Waals surface area contributed by atoms with E-state index < -0.39 is 42.0 Å². The second-order valence-corrected chi connectivity index (χ2v) is 18.5. The van der Waals surface area contributed by atoms with Crippen LogP contribution in [0.5, 0.6) is 5.75 Å². The van der Waals surface area contributed by atoms with Crippen LogP contribution >= 0.6 is 0 Å². The zero-order valence-electron chi connectivity index (χ0n) is 37.2. The molecule has 1 fully saturated rings. The van der Waals surface area contributed by atoms with Gasteiger partial charge in [0.1, 0.15) is 11.3 Å². The third-order valence-electron chi connectivity index (χ3n) is 14.0. The van der Waals surface area contributed by atoms with Crippen molar-refractivity contribution in [3.8, 4) is 17.6 Å². The summed E-state index contributed by atoms with van der Waals surface area (Å²) < 4.78 is 31.6. The molecule has 9 heteroatoms. The highest BCUT2D eigenvalue weighted by Crippen LogP contribution is 2.51. The van der Waals surface area contributed by atoms with Gasteiger partial charge in [-0.15, -0.1) is 0 Å². The van der Waals surface area contributed by atoms with E-state index in [2.05, 4.69) is 78.6 Å². The molecule has 64 heavy (non-hydrogen) atoms. The minimum atomic E-state index is -1.29. The van der Waals surface area contributed by atoms with Crippen LogP contribution in [0.1, 0.15) is 127 Å². The molecular weight excluding hydrogens is 805 g/mol. The van der Waals surface area contributed by atoms with Gasteiger partial charge in [-0.3, -0.25) is 4.79 Å². The Labute approximate surface area is 374 Å². The molecule has 4 aromatic carbocycles. The lowest BCUT2D eigenvalue weighted by Crippen LogP contribution is -2.54. The van der Waals surface area contributed by atoms with Crippen LogP contribution in [0.2, 0.25) is 0 Å². The second-order valence-electron chi connectivity index (χ2n) is 18.5. The SMILES string of the molecule is COCCc1c(CO)c2ccc3c(c2oc1=O)[C@H]1OC(=O)C[C@H]2C[C@@H](c4cccc(Cc5ccccc5)c4)CC[C@H]2c2ccc4cc2CC#CC[C@@](C)(O3)[C@H]1OC(=O)C(=C(C)C)CC4. The molecule has 9 nitrogen and oxygen atoms in total. The number of esters is 2. The number of aryl methyl sites for hydroxylation is 1. The smallest absolute Gasteiger partial charge is 0.339 e. The number of allylic oxidation sites excluding steroid dienone is 1. The second kappa shape index (κ2) is 18.3. The molecule has 3 aliphatic heterocycles. The fourth-order valence-electron chi connectivity index (χ4n) is 10.7. The number of carbonyl (C=O) groups is 2. The largest absolute Gasteiger partial charge is 0.482 e. The molecule has 4 aliphatic rings. The third-order valence-corrected chi connectivity index (χ3v) is 14.0. The summed E-state index contributed by atoms with van der Waals surface area (Å²) in [6, 6.07) is 29.5. The first-order valence-electron chi connectivity index (χ1n) is 22.7. The van der Waals surface area contributed by atoms with Gasteiger partial charge >= 0.3 is 17.6 Å². The number of rotatable bonds is 7. The summed E-state index contributed by atoms with van der Waals surface area (Å²) in [5.41, 5.74) is 7.72. The van der Waals surface area contributed by atoms with Crippen molar-refractivity contribution in [2.24, 2.45) is 5.92 Å². The molecule has 0 saturated heterocycles. The summed E-state index contributed by atoms with van der Waals surface area (Å²) in [6.45, 7) is 5.43. The van der Waals surface area contributed by atoms with Crippen LogP contribution < -0.4 is 10.4 Å². The number of ether oxygens (including phenoxy) is 4. The summed E-state index contributed by atoms with van der Waals surface area (Å²) in [5, 5.41) is 11.2. The molecule has 1 saturated carbocycles. The first kappa shape index (κ1) is 43.3. The lowest BCUT2D eigenvalue weighted by molar-refractivity contribution is -0.190. The predicted octanol–water partition coefficient (Wildman–Crippen LogP) is 9.70. The zero-order chi connectivity index (χ0) is 44.5. The normalized spacial score (nSPS) is 24.2. The Bertz CT molecular complexity index is 2750. The van der Waals surface area contributed by atoms with Crippen molar-refractivity contribution >= 4 is 22.9 Å². The van der Waals surface area contributed by atoms with E-state index in [1.54, 1.807) is 19.2 Å². The molecule has 0 amide bonds. The Balaban J connectivity index is 1.19. The van der Waals surface area contributed by atoms with Crippen LogP contribution in [-0.2, 0) is 56.1 Å². The Morgan fingerprint density at radius 2 is 1.72 bits per heavy atom. The van der Waals surface area contributed by atoms with Crippen LogP contribution in [0.3, 0.4) is 0 Å². The molecule has 9 rings (SSSR count). The standard InChI is InChI=1S/C55H56O9/c1-33(2)41-19-16-35-17-20-42-39(28-35)14-8-9-25-55(3)52(63-53(41)58)51(49-47(64-55)23-22-44-46(32-56)45(24-26-60-4)54(59)62-50(44)49)61-48(57)31-40-30-38(18-21-43(40)42)37-15-10-13-36(29-37)27-34-11-6-5-7-12-34/h5-7,10-13,15,17,20,22-23,28-29,38,40,43,51-52,56H,14,16,18-19,21,24-27,30-32H2,1-4H3/t38-,40+,43+,51+,52-,55+/m0/s1. The molecule has 6 atom stereocenters. The van der Waals surface area contributed by atoms with Gasteiger partial charge in [-0.25, -0.2) is 9.59 Å². The van der Waals surface area contributed by atoms with Crippen molar-refractivity contribution in [2.45, 2.75) is 121 Å². The summed E-state index contributed by atoms with van der Waals surface area (Å²) in [6.07, 6.45) is 3.09. The molecular formula is C55H56O9. The molecule has 1 aromatic heterocycles. The Hall–Kier alpha value is -5.95. The first-order valence-corrected chi connectivity index (χ1v) is 22.7. The van der Waals surface area contributed by atoms with Crippen LogP contribution in [0.25, 0.3) is 11.0 Å². The molecule has 4 heterocycles. The molecule has 330 valence electrons. The van der Waals surface area contributed by atoms with E-state index in [-0.39, 0.29) is 54.8 Å². The Kier molecular flexibility index (Phi) is 12.4. The first-order chi connectivity index (χ1) is 31.0. The highest BCUT2D eigenvalue weighted by molar-refractivity contribution is 5.90. The van der Waals surface area contributed by atoms with Crippen LogP contribution in [0.4, 0.5) is 0 Å². The average Bonchev–Trinajstić information content (AvgIpc) is 3.28. The maximum atomic E-state index is 15.0. The molecule has 1 N–H and O–H groups in total. The van der Waals surface area contributed by atoms with Gasteiger partial charge in [-0.05, 0) is 128 Å². The topological polar surface area (TPSA) is 122 Å². The van der Waals surface area contributed by atoms with E-state index >= 15 is 0 Å². The average molecular weight is 861 g/mol. The lowest BCUT2D eigenvalue weighted by Gasteiger charge is -2.45. The van der Waals surface area contributed by atoms with Gasteiger partial charge in [0.15, 0.2) is 17.8 Å². The van der Waals surface area contributed by atoms with Crippen molar-refractivity contribution in [3.63, 3.8) is 0 Å². The number of methoxy groups -OCH3 is 1. The Morgan fingerprint density at radius 1 is 0.891 bits per heavy atom. The maximum absolute atomic E-state index is 15.0. The van der Waals surface area contributed by atoms with Crippen molar-refractivity contribution in [1.29, 1.82) is 0 Å². The van der Waals surface area contributed by atoms with Gasteiger partial charge in [0.05, 0.1) is 25.2 Å². The lowest BCUT2D eigenvalue weighted by atomic mass is 9.67. The number of carbonyl (C=O) groups excluding carboxylic acids is 2. The summed E-state index contributed by atoms with van der Waals surface area (Å²) in [7, 11) is 1.54. The molecule has 0 spiro atoms. The molecule has 0 radical (unpaired) electrons. The minimum absolute atomic E-state index is 0.0729. The maximum Gasteiger partial charge on any atom is 0.339 e. The number of hydrogen-bond acceptors (Lipinski definition) is 9. The van der Waals surface area contributed by atoms with Gasteiger partial charge in [0.2, 0.25) is 0 Å². The number of aliphatic hydroxyl groups is 1. The quantitative estimate of drug-likeness (QED) is 0.0738.